The Balaban J connectivity index is 2.37. The molecule has 1 aliphatic rings. The van der Waals surface area contributed by atoms with Crippen molar-refractivity contribution in [3.8, 4) is 0 Å². The van der Waals surface area contributed by atoms with E-state index in [2.05, 4.69) is 29.6 Å². The standard InChI is InChI=1S/C11H23N3O/c1-4-8-12-11(15)13-14-9(2)6-5-7-10(14)3/h9-10H,4-8H2,1-3H3,(H2,12,13,15). The van der Waals surface area contributed by atoms with E-state index in [1.807, 2.05) is 6.92 Å². The minimum atomic E-state index is -0.0718. The zero-order valence-corrected chi connectivity index (χ0v) is 10.0. The maximum absolute atomic E-state index is 11.5. The molecule has 1 saturated heterocycles. The van der Waals surface area contributed by atoms with Gasteiger partial charge in [-0.2, -0.15) is 0 Å². The molecule has 15 heavy (non-hydrogen) atoms. The van der Waals surface area contributed by atoms with Gasteiger partial charge in [-0.25, -0.2) is 9.80 Å². The Bertz CT molecular complexity index is 198. The Hall–Kier alpha value is -0.770. The molecule has 2 unspecified atom stereocenters. The van der Waals surface area contributed by atoms with Gasteiger partial charge in [-0.1, -0.05) is 13.3 Å². The van der Waals surface area contributed by atoms with Gasteiger partial charge in [0, 0.05) is 18.6 Å². The Kier molecular flexibility index (Phi) is 4.88. The summed E-state index contributed by atoms with van der Waals surface area (Å²) in [6.07, 6.45) is 4.56. The molecule has 2 N–H and O–H groups in total. The highest BCUT2D eigenvalue weighted by atomic mass is 16.2. The summed E-state index contributed by atoms with van der Waals surface area (Å²) in [7, 11) is 0. The van der Waals surface area contributed by atoms with Gasteiger partial charge in [-0.05, 0) is 33.1 Å². The van der Waals surface area contributed by atoms with Crippen LogP contribution in [0.5, 0.6) is 0 Å². The summed E-state index contributed by atoms with van der Waals surface area (Å²) in [5.41, 5.74) is 2.94. The van der Waals surface area contributed by atoms with E-state index in [4.69, 9.17) is 0 Å². The van der Waals surface area contributed by atoms with Crippen molar-refractivity contribution in [2.75, 3.05) is 6.54 Å². The Labute approximate surface area is 92.4 Å². The number of piperidine rings is 1. The first-order valence-corrected chi connectivity index (χ1v) is 5.98. The molecule has 1 aliphatic heterocycles. The Morgan fingerprint density at radius 3 is 2.47 bits per heavy atom. The van der Waals surface area contributed by atoms with Gasteiger partial charge in [0.2, 0.25) is 0 Å². The Morgan fingerprint density at radius 2 is 1.93 bits per heavy atom. The van der Waals surface area contributed by atoms with Crippen LogP contribution in [-0.2, 0) is 0 Å². The number of nitrogens with one attached hydrogen (secondary N) is 2. The maximum Gasteiger partial charge on any atom is 0.329 e. The normalized spacial score (nSPS) is 27.4. The van der Waals surface area contributed by atoms with E-state index in [0.717, 1.165) is 13.0 Å². The van der Waals surface area contributed by atoms with Crippen molar-refractivity contribution >= 4 is 6.03 Å². The summed E-state index contributed by atoms with van der Waals surface area (Å²) in [5.74, 6) is 0. The summed E-state index contributed by atoms with van der Waals surface area (Å²) in [6.45, 7) is 7.11. The fraction of sp³-hybridized carbons (Fsp3) is 0.909. The second-order valence-electron chi connectivity index (χ2n) is 4.40. The van der Waals surface area contributed by atoms with Crippen LogP contribution in [0.4, 0.5) is 4.79 Å². The molecule has 0 spiro atoms. The second kappa shape index (κ2) is 5.95. The average molecular weight is 213 g/mol. The molecule has 1 heterocycles. The van der Waals surface area contributed by atoms with E-state index in [-0.39, 0.29) is 6.03 Å². The van der Waals surface area contributed by atoms with Crippen LogP contribution in [0.3, 0.4) is 0 Å². The van der Waals surface area contributed by atoms with Crippen LogP contribution in [0.2, 0.25) is 0 Å². The highest BCUT2D eigenvalue weighted by molar-refractivity contribution is 5.73. The molecule has 2 amide bonds. The van der Waals surface area contributed by atoms with Crippen LogP contribution in [0, 0.1) is 0 Å². The van der Waals surface area contributed by atoms with Crippen molar-refractivity contribution in [2.45, 2.75) is 58.5 Å². The number of hydrogen-bond acceptors (Lipinski definition) is 2. The predicted molar refractivity (Wildman–Crippen MR) is 61.4 cm³/mol. The van der Waals surface area contributed by atoms with Gasteiger partial charge in [0.05, 0.1) is 0 Å². The van der Waals surface area contributed by atoms with Gasteiger partial charge < -0.3 is 5.32 Å². The van der Waals surface area contributed by atoms with Gasteiger partial charge in [0.15, 0.2) is 0 Å². The summed E-state index contributed by atoms with van der Waals surface area (Å²) in [6, 6.07) is 0.819. The molecule has 0 saturated carbocycles. The summed E-state index contributed by atoms with van der Waals surface area (Å²) < 4.78 is 0. The zero-order valence-electron chi connectivity index (χ0n) is 10.0. The molecule has 4 nitrogen and oxygen atoms in total. The van der Waals surface area contributed by atoms with Gasteiger partial charge in [0.25, 0.3) is 0 Å². The quantitative estimate of drug-likeness (QED) is 0.751. The molecule has 88 valence electrons. The van der Waals surface area contributed by atoms with Crippen LogP contribution in [0.25, 0.3) is 0 Å². The topological polar surface area (TPSA) is 44.4 Å². The molecule has 0 aromatic rings. The SMILES string of the molecule is CCCNC(=O)NN1C(C)CCCC1C. The molecule has 4 heteroatoms. The first-order valence-electron chi connectivity index (χ1n) is 5.98. The fourth-order valence-corrected chi connectivity index (χ4v) is 2.04. The molecule has 0 aliphatic carbocycles. The maximum atomic E-state index is 11.5. The van der Waals surface area contributed by atoms with Gasteiger partial charge in [-0.15, -0.1) is 0 Å². The Morgan fingerprint density at radius 1 is 1.33 bits per heavy atom. The van der Waals surface area contributed by atoms with Crippen LogP contribution in [-0.4, -0.2) is 29.7 Å². The number of carbonyl (C=O) groups is 1. The lowest BCUT2D eigenvalue weighted by Gasteiger charge is -2.38. The smallest absolute Gasteiger partial charge is 0.329 e. The monoisotopic (exact) mass is 213 g/mol. The van der Waals surface area contributed by atoms with Crippen LogP contribution >= 0.6 is 0 Å². The summed E-state index contributed by atoms with van der Waals surface area (Å²) in [5, 5.41) is 4.91. The minimum absolute atomic E-state index is 0.0718. The van der Waals surface area contributed by atoms with Gasteiger partial charge in [0.1, 0.15) is 0 Å². The average Bonchev–Trinajstić information content (AvgIpc) is 2.21. The number of amides is 2. The van der Waals surface area contributed by atoms with Crippen LogP contribution in [0.15, 0.2) is 0 Å². The summed E-state index contributed by atoms with van der Waals surface area (Å²) >= 11 is 0. The second-order valence-corrected chi connectivity index (χ2v) is 4.40. The van der Waals surface area contributed by atoms with Crippen molar-refractivity contribution in [3.05, 3.63) is 0 Å². The van der Waals surface area contributed by atoms with E-state index < -0.39 is 0 Å². The third-order valence-electron chi connectivity index (χ3n) is 2.96. The lowest BCUT2D eigenvalue weighted by atomic mass is 10.00. The van der Waals surface area contributed by atoms with E-state index in [1.54, 1.807) is 0 Å². The molecular weight excluding hydrogens is 190 g/mol. The van der Waals surface area contributed by atoms with Gasteiger partial charge in [-0.3, -0.25) is 5.43 Å². The largest absolute Gasteiger partial charge is 0.337 e. The van der Waals surface area contributed by atoms with E-state index in [1.165, 1.54) is 19.3 Å². The van der Waals surface area contributed by atoms with Crippen molar-refractivity contribution in [3.63, 3.8) is 0 Å². The molecule has 0 bridgehead atoms. The van der Waals surface area contributed by atoms with Crippen LogP contribution in [0.1, 0.15) is 46.5 Å². The number of urea groups is 1. The van der Waals surface area contributed by atoms with Crippen LogP contribution < -0.4 is 10.7 Å². The van der Waals surface area contributed by atoms with Crippen molar-refractivity contribution < 1.29 is 4.79 Å². The number of hydrazine groups is 1. The molecule has 1 fully saturated rings. The first-order chi connectivity index (χ1) is 7.15. The van der Waals surface area contributed by atoms with Crippen molar-refractivity contribution in [1.29, 1.82) is 0 Å². The molecule has 1 rings (SSSR count). The molecule has 2 atom stereocenters. The molecule has 0 aromatic heterocycles. The lowest BCUT2D eigenvalue weighted by Crippen LogP contribution is -2.56. The summed E-state index contributed by atoms with van der Waals surface area (Å²) in [4.78, 5) is 11.5. The molecular formula is C11H23N3O. The highest BCUT2D eigenvalue weighted by Gasteiger charge is 2.25. The van der Waals surface area contributed by atoms with E-state index >= 15 is 0 Å². The molecule has 0 aromatic carbocycles. The van der Waals surface area contributed by atoms with E-state index in [0.29, 0.717) is 12.1 Å². The number of carbonyl (C=O) groups excluding carboxylic acids is 1. The minimum Gasteiger partial charge on any atom is -0.337 e. The molecule has 0 radical (unpaired) electrons. The fourth-order valence-electron chi connectivity index (χ4n) is 2.04. The van der Waals surface area contributed by atoms with Crippen molar-refractivity contribution in [2.24, 2.45) is 0 Å². The predicted octanol–water partition coefficient (Wildman–Crippen LogP) is 1.87. The lowest BCUT2D eigenvalue weighted by molar-refractivity contribution is 0.0595. The highest BCUT2D eigenvalue weighted by Crippen LogP contribution is 2.19. The van der Waals surface area contributed by atoms with E-state index in [9.17, 15) is 4.79 Å². The number of hydrogen-bond donors (Lipinski definition) is 2. The first kappa shape index (κ1) is 12.3. The zero-order chi connectivity index (χ0) is 11.3. The number of rotatable bonds is 3. The van der Waals surface area contributed by atoms with Gasteiger partial charge >= 0.3 is 6.03 Å². The van der Waals surface area contributed by atoms with Crippen molar-refractivity contribution in [1.82, 2.24) is 15.8 Å². The third-order valence-corrected chi connectivity index (χ3v) is 2.96. The third kappa shape index (κ3) is 3.70. The number of nitrogens with zero attached hydrogens (tertiary/aromatic N) is 1.